The van der Waals surface area contributed by atoms with E-state index >= 15 is 0 Å². The van der Waals surface area contributed by atoms with Crippen LogP contribution in [0.25, 0.3) is 6.08 Å². The molecule has 0 radical (unpaired) electrons. The van der Waals surface area contributed by atoms with E-state index < -0.39 is 5.91 Å². The van der Waals surface area contributed by atoms with Gasteiger partial charge in [-0.05, 0) is 30.0 Å². The minimum absolute atomic E-state index is 0.00839. The second-order valence-corrected chi connectivity index (χ2v) is 8.43. The molecule has 8 heteroatoms. The van der Waals surface area contributed by atoms with Gasteiger partial charge >= 0.3 is 0 Å². The van der Waals surface area contributed by atoms with E-state index in [1.165, 1.54) is 16.8 Å². The fraction of sp³-hybridized carbons (Fsp3) is 0.182. The topological polar surface area (TPSA) is 78.1 Å². The molecule has 2 aromatic rings. The monoisotopic (exact) mass is 438 g/mol. The van der Waals surface area contributed by atoms with Crippen molar-refractivity contribution in [1.29, 1.82) is 5.41 Å². The second kappa shape index (κ2) is 8.45. The molecule has 0 saturated heterocycles. The highest BCUT2D eigenvalue weighted by atomic mass is 35.5. The van der Waals surface area contributed by atoms with E-state index in [4.69, 9.17) is 21.7 Å². The Labute approximate surface area is 183 Å². The third-order valence-electron chi connectivity index (χ3n) is 4.52. The molecule has 2 aromatic carbocycles. The Kier molecular flexibility index (Phi) is 5.74. The van der Waals surface area contributed by atoms with E-state index in [0.29, 0.717) is 28.1 Å². The van der Waals surface area contributed by atoms with E-state index in [-0.39, 0.29) is 17.3 Å². The summed E-state index contributed by atoms with van der Waals surface area (Å²) in [6.07, 6.45) is 1.63. The largest absolute Gasteiger partial charge is 0.488 e. The summed E-state index contributed by atoms with van der Waals surface area (Å²) in [5.41, 5.74) is 1.71. The van der Waals surface area contributed by atoms with Crippen molar-refractivity contribution in [3.05, 3.63) is 70.3 Å². The van der Waals surface area contributed by atoms with Crippen molar-refractivity contribution < 1.29 is 9.53 Å². The van der Waals surface area contributed by atoms with Crippen LogP contribution >= 0.6 is 23.4 Å². The smallest absolute Gasteiger partial charge is 0.283 e. The van der Waals surface area contributed by atoms with E-state index in [1.54, 1.807) is 6.08 Å². The molecule has 0 aromatic heterocycles. The van der Waals surface area contributed by atoms with Gasteiger partial charge in [0.2, 0.25) is 5.17 Å². The van der Waals surface area contributed by atoms with Crippen LogP contribution < -0.4 is 4.74 Å². The number of hydrazone groups is 1. The van der Waals surface area contributed by atoms with E-state index in [2.05, 4.69) is 10.1 Å². The average molecular weight is 439 g/mol. The number of ether oxygens (including phenoxy) is 1. The normalized spacial score (nSPS) is 17.3. The number of para-hydroxylation sites is 1. The Morgan fingerprint density at radius 3 is 2.70 bits per heavy atom. The number of carbonyl (C=O) groups is 1. The van der Waals surface area contributed by atoms with Gasteiger partial charge in [0.15, 0.2) is 5.84 Å². The Bertz CT molecular complexity index is 1120. The predicted molar refractivity (Wildman–Crippen MR) is 122 cm³/mol. The summed E-state index contributed by atoms with van der Waals surface area (Å²) in [5, 5.41) is 16.2. The Balaban J connectivity index is 1.62. The highest BCUT2D eigenvalue weighted by Gasteiger charge is 2.36. The third kappa shape index (κ3) is 4.04. The summed E-state index contributed by atoms with van der Waals surface area (Å²) in [4.78, 5) is 16.7. The number of aliphatic imine (C=N–C) groups is 1. The molecule has 0 spiro atoms. The zero-order chi connectivity index (χ0) is 21.3. The molecule has 1 N–H and O–H groups in total. The number of amidine groups is 2. The van der Waals surface area contributed by atoms with Gasteiger partial charge in [-0.3, -0.25) is 10.2 Å². The number of halogens is 1. The van der Waals surface area contributed by atoms with Crippen LogP contribution in [0.2, 0.25) is 5.02 Å². The number of carbonyl (C=O) groups excluding carboxylic acids is 1. The van der Waals surface area contributed by atoms with Crippen LogP contribution in [0.5, 0.6) is 5.75 Å². The first-order chi connectivity index (χ1) is 14.4. The predicted octanol–water partition coefficient (Wildman–Crippen LogP) is 5.19. The lowest BCUT2D eigenvalue weighted by Gasteiger charge is -2.20. The summed E-state index contributed by atoms with van der Waals surface area (Å²) < 4.78 is 5.96. The first kappa shape index (κ1) is 20.4. The first-order valence-electron chi connectivity index (χ1n) is 9.39. The summed E-state index contributed by atoms with van der Waals surface area (Å²) >= 11 is 7.54. The minimum Gasteiger partial charge on any atom is -0.488 e. The summed E-state index contributed by atoms with van der Waals surface area (Å²) in [5.74, 6) is 0.328. The number of benzene rings is 2. The van der Waals surface area contributed by atoms with Crippen LogP contribution in [0.1, 0.15) is 25.0 Å². The molecular weight excluding hydrogens is 420 g/mol. The van der Waals surface area contributed by atoms with Crippen molar-refractivity contribution in [2.45, 2.75) is 20.5 Å². The van der Waals surface area contributed by atoms with Crippen LogP contribution in [0.15, 0.2) is 64.2 Å². The Morgan fingerprint density at radius 2 is 1.93 bits per heavy atom. The van der Waals surface area contributed by atoms with Crippen molar-refractivity contribution in [3.63, 3.8) is 0 Å². The van der Waals surface area contributed by atoms with Crippen molar-refractivity contribution in [1.82, 2.24) is 5.01 Å². The molecule has 0 saturated carbocycles. The molecule has 0 atom stereocenters. The van der Waals surface area contributed by atoms with Gasteiger partial charge in [0, 0.05) is 22.1 Å². The van der Waals surface area contributed by atoms with E-state index in [0.717, 1.165) is 10.6 Å². The first-order valence-corrected chi connectivity index (χ1v) is 10.6. The molecule has 4 rings (SSSR count). The molecule has 2 aliphatic rings. The Morgan fingerprint density at radius 1 is 1.20 bits per heavy atom. The van der Waals surface area contributed by atoms with Crippen molar-refractivity contribution >= 4 is 51.4 Å². The van der Waals surface area contributed by atoms with Gasteiger partial charge in [-0.1, -0.05) is 61.8 Å². The number of nitrogens with zero attached hydrogens (tertiary/aromatic N) is 3. The summed E-state index contributed by atoms with van der Waals surface area (Å²) in [7, 11) is 0. The minimum atomic E-state index is -0.458. The SMILES string of the molecule is CC(C)C1=NN2C(=N)C(=Cc3ccccc3OCc3ccccc3Cl)C(=O)N=C2S1. The molecule has 0 unspecified atom stereocenters. The molecule has 1 amide bonds. The quantitative estimate of drug-likeness (QED) is 0.651. The number of thioether (sulfide) groups is 1. The number of fused-ring (bicyclic) bond motifs is 1. The van der Waals surface area contributed by atoms with Crippen molar-refractivity contribution in [2.24, 2.45) is 16.0 Å². The molecule has 2 heterocycles. The van der Waals surface area contributed by atoms with Gasteiger partial charge in [-0.15, -0.1) is 0 Å². The van der Waals surface area contributed by atoms with Gasteiger partial charge in [0.1, 0.15) is 17.4 Å². The number of amides is 1. The van der Waals surface area contributed by atoms with Crippen LogP contribution in [0.3, 0.4) is 0 Å². The summed E-state index contributed by atoms with van der Waals surface area (Å²) in [6.45, 7) is 4.32. The van der Waals surface area contributed by atoms with Gasteiger partial charge < -0.3 is 4.74 Å². The zero-order valence-corrected chi connectivity index (χ0v) is 18.0. The molecule has 0 fully saturated rings. The van der Waals surface area contributed by atoms with E-state index in [9.17, 15) is 4.79 Å². The van der Waals surface area contributed by atoms with Gasteiger partial charge in [-0.2, -0.15) is 15.1 Å². The summed E-state index contributed by atoms with van der Waals surface area (Å²) in [6, 6.07) is 14.8. The van der Waals surface area contributed by atoms with Crippen LogP contribution in [-0.2, 0) is 11.4 Å². The maximum absolute atomic E-state index is 12.6. The average Bonchev–Trinajstić information content (AvgIpc) is 3.16. The molecule has 30 heavy (non-hydrogen) atoms. The highest BCUT2D eigenvalue weighted by molar-refractivity contribution is 8.27. The molecule has 0 bridgehead atoms. The fourth-order valence-electron chi connectivity index (χ4n) is 2.90. The molecule has 0 aliphatic carbocycles. The third-order valence-corrected chi connectivity index (χ3v) is 6.10. The molecular formula is C22H19ClN4O2S. The highest BCUT2D eigenvalue weighted by Crippen LogP contribution is 2.32. The maximum atomic E-state index is 12.6. The van der Waals surface area contributed by atoms with Crippen LogP contribution in [-0.4, -0.2) is 27.0 Å². The van der Waals surface area contributed by atoms with Crippen LogP contribution in [0.4, 0.5) is 0 Å². The fourth-order valence-corrected chi connectivity index (χ4v) is 3.98. The lowest BCUT2D eigenvalue weighted by molar-refractivity contribution is -0.114. The van der Waals surface area contributed by atoms with Gasteiger partial charge in [0.25, 0.3) is 5.91 Å². The number of hydrogen-bond acceptors (Lipinski definition) is 5. The van der Waals surface area contributed by atoms with Gasteiger partial charge in [0.05, 0.1) is 5.57 Å². The lowest BCUT2D eigenvalue weighted by atomic mass is 10.1. The number of nitrogens with one attached hydrogen (secondary N) is 1. The number of hydrogen-bond donors (Lipinski definition) is 1. The Hall–Kier alpha value is -2.90. The van der Waals surface area contributed by atoms with Gasteiger partial charge in [-0.25, -0.2) is 0 Å². The van der Waals surface area contributed by atoms with Crippen LogP contribution in [0, 0.1) is 11.3 Å². The maximum Gasteiger partial charge on any atom is 0.283 e. The molecule has 2 aliphatic heterocycles. The van der Waals surface area contributed by atoms with E-state index in [1.807, 2.05) is 62.4 Å². The zero-order valence-electron chi connectivity index (χ0n) is 16.4. The molecule has 6 nitrogen and oxygen atoms in total. The van der Waals surface area contributed by atoms with Crippen molar-refractivity contribution in [2.75, 3.05) is 0 Å². The number of rotatable bonds is 5. The second-order valence-electron chi connectivity index (χ2n) is 7.03. The van der Waals surface area contributed by atoms with Crippen molar-refractivity contribution in [3.8, 4) is 5.75 Å². The lowest BCUT2D eigenvalue weighted by Crippen LogP contribution is -2.35. The molecule has 152 valence electrons. The standard InChI is InChI=1S/C22H19ClN4O2S/c1-13(2)21-26-27-19(24)16(20(28)25-22(27)30-21)11-14-7-4-6-10-18(14)29-12-15-8-3-5-9-17(15)23/h3-11,13,24H,12H2,1-2H3.